The maximum atomic E-state index is 11.4. The Kier molecular flexibility index (Phi) is 11.6. The molecular weight excluding hydrogens is 276 g/mol. The van der Waals surface area contributed by atoms with E-state index in [2.05, 4.69) is 15.4 Å². The molecule has 0 spiro atoms. The largest absolute Gasteiger partial charge is 0.469 e. The maximum absolute atomic E-state index is 11.4. The monoisotopic (exact) mass is 304 g/mol. The molecule has 124 valence electrons. The lowest BCUT2D eigenvalue weighted by Gasteiger charge is -2.14. The van der Waals surface area contributed by atoms with Crippen LogP contribution >= 0.6 is 0 Å². The van der Waals surface area contributed by atoms with Crippen LogP contribution in [0.2, 0.25) is 0 Å². The molecule has 0 bridgehead atoms. The normalized spacial score (nSPS) is 12.0. The summed E-state index contributed by atoms with van der Waals surface area (Å²) in [5.74, 6) is 0.169. The van der Waals surface area contributed by atoms with Crippen molar-refractivity contribution in [2.45, 2.75) is 39.2 Å². The van der Waals surface area contributed by atoms with Crippen molar-refractivity contribution in [3.63, 3.8) is 0 Å². The van der Waals surface area contributed by atoms with Crippen molar-refractivity contribution in [1.82, 2.24) is 10.6 Å². The van der Waals surface area contributed by atoms with Gasteiger partial charge >= 0.3 is 12.0 Å². The van der Waals surface area contributed by atoms with Gasteiger partial charge in [0.2, 0.25) is 0 Å². The number of aliphatic hydroxyl groups is 1. The van der Waals surface area contributed by atoms with E-state index in [1.54, 1.807) is 0 Å². The third-order valence-corrected chi connectivity index (χ3v) is 2.58. The van der Waals surface area contributed by atoms with E-state index in [-0.39, 0.29) is 25.2 Å². The number of methoxy groups -OCH3 is 1. The number of nitrogens with one attached hydrogen (secondary N) is 2. The summed E-state index contributed by atoms with van der Waals surface area (Å²) < 4.78 is 9.78. The molecule has 2 amide bonds. The van der Waals surface area contributed by atoms with Gasteiger partial charge in [0, 0.05) is 26.1 Å². The van der Waals surface area contributed by atoms with Crippen LogP contribution in [0.25, 0.3) is 0 Å². The highest BCUT2D eigenvalue weighted by Gasteiger charge is 2.07. The number of hydrogen-bond donors (Lipinski definition) is 3. The highest BCUT2D eigenvalue weighted by atomic mass is 16.5. The highest BCUT2D eigenvalue weighted by Crippen LogP contribution is 1.96. The molecule has 0 fully saturated rings. The second-order valence-corrected chi connectivity index (χ2v) is 5.26. The smallest absolute Gasteiger partial charge is 0.314 e. The lowest BCUT2D eigenvalue weighted by atomic mass is 10.2. The second-order valence-electron chi connectivity index (χ2n) is 5.26. The lowest BCUT2D eigenvalue weighted by Crippen LogP contribution is -2.41. The van der Waals surface area contributed by atoms with Crippen molar-refractivity contribution in [3.05, 3.63) is 0 Å². The first-order valence-corrected chi connectivity index (χ1v) is 7.30. The number of carbonyl (C=O) groups excluding carboxylic acids is 2. The van der Waals surface area contributed by atoms with Crippen molar-refractivity contribution in [2.75, 3.05) is 33.4 Å². The van der Waals surface area contributed by atoms with E-state index < -0.39 is 6.10 Å². The number of aliphatic hydroxyl groups excluding tert-OH is 1. The minimum atomic E-state index is -0.714. The molecule has 0 radical (unpaired) electrons. The van der Waals surface area contributed by atoms with Crippen molar-refractivity contribution in [1.29, 1.82) is 0 Å². The topological polar surface area (TPSA) is 96.9 Å². The van der Waals surface area contributed by atoms with Gasteiger partial charge in [0.25, 0.3) is 0 Å². The van der Waals surface area contributed by atoms with Crippen LogP contribution in [0.1, 0.15) is 33.1 Å². The van der Waals surface area contributed by atoms with Gasteiger partial charge in [-0.15, -0.1) is 0 Å². The minimum absolute atomic E-state index is 0.145. The zero-order valence-electron chi connectivity index (χ0n) is 13.2. The average molecular weight is 304 g/mol. The quantitative estimate of drug-likeness (QED) is 0.385. The van der Waals surface area contributed by atoms with Gasteiger partial charge in [-0.1, -0.05) is 13.8 Å². The van der Waals surface area contributed by atoms with E-state index in [9.17, 15) is 14.7 Å². The molecule has 1 atom stereocenters. The Labute approximate surface area is 126 Å². The van der Waals surface area contributed by atoms with Gasteiger partial charge in [-0.05, 0) is 18.8 Å². The standard InChI is InChI=1S/C14H28N2O5/c1-11(2)9-21-10-12(17)8-16-14(19)15-7-5-4-6-13(18)20-3/h11-12,17H,4-10H2,1-3H3,(H2,15,16,19). The van der Waals surface area contributed by atoms with Crippen LogP contribution in [0.3, 0.4) is 0 Å². The highest BCUT2D eigenvalue weighted by molar-refractivity contribution is 5.73. The molecule has 0 aromatic carbocycles. The van der Waals surface area contributed by atoms with Crippen LogP contribution in [0.5, 0.6) is 0 Å². The number of rotatable bonds is 11. The summed E-state index contributed by atoms with van der Waals surface area (Å²) in [6, 6.07) is -0.337. The molecule has 0 aliphatic carbocycles. The fourth-order valence-electron chi connectivity index (χ4n) is 1.47. The zero-order valence-corrected chi connectivity index (χ0v) is 13.2. The Balaban J connectivity index is 3.47. The fourth-order valence-corrected chi connectivity index (χ4v) is 1.47. The van der Waals surface area contributed by atoms with E-state index in [1.165, 1.54) is 7.11 Å². The predicted molar refractivity (Wildman–Crippen MR) is 78.9 cm³/mol. The fraction of sp³-hybridized carbons (Fsp3) is 0.857. The number of amides is 2. The molecule has 7 nitrogen and oxygen atoms in total. The Morgan fingerprint density at radius 2 is 1.86 bits per heavy atom. The first kappa shape index (κ1) is 19.7. The SMILES string of the molecule is COC(=O)CCCCNC(=O)NCC(O)COCC(C)C. The van der Waals surface area contributed by atoms with Crippen LogP contribution < -0.4 is 10.6 Å². The second kappa shape index (κ2) is 12.4. The maximum Gasteiger partial charge on any atom is 0.314 e. The van der Waals surface area contributed by atoms with Crippen LogP contribution in [-0.4, -0.2) is 56.6 Å². The van der Waals surface area contributed by atoms with Crippen LogP contribution in [0, 0.1) is 5.92 Å². The van der Waals surface area contributed by atoms with Gasteiger partial charge in [0.05, 0.1) is 19.8 Å². The first-order chi connectivity index (χ1) is 9.95. The summed E-state index contributed by atoms with van der Waals surface area (Å²) in [5, 5.41) is 14.8. The molecule has 0 aromatic heterocycles. The zero-order chi connectivity index (χ0) is 16.1. The summed E-state index contributed by atoms with van der Waals surface area (Å²) in [6.07, 6.45) is 1.00. The average Bonchev–Trinajstić information content (AvgIpc) is 2.44. The molecule has 0 heterocycles. The molecule has 0 aromatic rings. The van der Waals surface area contributed by atoms with Crippen molar-refractivity contribution < 1.29 is 24.2 Å². The Hall–Kier alpha value is -1.34. The summed E-state index contributed by atoms with van der Waals surface area (Å²) in [6.45, 7) is 5.46. The number of esters is 1. The molecule has 3 N–H and O–H groups in total. The number of urea groups is 1. The van der Waals surface area contributed by atoms with E-state index >= 15 is 0 Å². The van der Waals surface area contributed by atoms with Crippen LogP contribution in [0.4, 0.5) is 4.79 Å². The van der Waals surface area contributed by atoms with Crippen LogP contribution in [-0.2, 0) is 14.3 Å². The van der Waals surface area contributed by atoms with Crippen molar-refractivity contribution >= 4 is 12.0 Å². The van der Waals surface area contributed by atoms with E-state index in [0.717, 1.165) is 0 Å². The van der Waals surface area contributed by atoms with E-state index in [4.69, 9.17) is 4.74 Å². The number of carbonyl (C=O) groups is 2. The van der Waals surface area contributed by atoms with Crippen molar-refractivity contribution in [2.24, 2.45) is 5.92 Å². The molecule has 0 saturated heterocycles. The van der Waals surface area contributed by atoms with E-state index in [0.29, 0.717) is 38.3 Å². The Morgan fingerprint density at radius 3 is 2.48 bits per heavy atom. The van der Waals surface area contributed by atoms with Crippen LogP contribution in [0.15, 0.2) is 0 Å². The summed E-state index contributed by atoms with van der Waals surface area (Å²) in [4.78, 5) is 22.3. The summed E-state index contributed by atoms with van der Waals surface area (Å²) in [7, 11) is 1.35. The van der Waals surface area contributed by atoms with Gasteiger partial charge < -0.3 is 25.2 Å². The molecule has 1 unspecified atom stereocenters. The Bertz CT molecular complexity index is 297. The van der Waals surface area contributed by atoms with Crippen molar-refractivity contribution in [3.8, 4) is 0 Å². The third kappa shape index (κ3) is 13.4. The number of ether oxygens (including phenoxy) is 2. The van der Waals surface area contributed by atoms with Gasteiger partial charge in [0.1, 0.15) is 0 Å². The molecule has 21 heavy (non-hydrogen) atoms. The molecule has 0 rings (SSSR count). The first-order valence-electron chi connectivity index (χ1n) is 7.30. The molecule has 0 saturated carbocycles. The molecule has 0 aliphatic heterocycles. The third-order valence-electron chi connectivity index (χ3n) is 2.58. The van der Waals surface area contributed by atoms with Gasteiger partial charge in [0.15, 0.2) is 0 Å². The molecular formula is C14H28N2O5. The lowest BCUT2D eigenvalue weighted by molar-refractivity contribution is -0.140. The molecule has 7 heteroatoms. The summed E-state index contributed by atoms with van der Waals surface area (Å²) in [5.41, 5.74) is 0. The van der Waals surface area contributed by atoms with Gasteiger partial charge in [-0.3, -0.25) is 4.79 Å². The number of unbranched alkanes of at least 4 members (excludes halogenated alkanes) is 1. The minimum Gasteiger partial charge on any atom is -0.469 e. The number of hydrogen-bond acceptors (Lipinski definition) is 5. The molecule has 0 aliphatic rings. The predicted octanol–water partition coefficient (Wildman–Crippen LogP) is 0.662. The van der Waals surface area contributed by atoms with E-state index in [1.807, 2.05) is 13.8 Å². The van der Waals surface area contributed by atoms with Gasteiger partial charge in [-0.25, -0.2) is 4.79 Å². The summed E-state index contributed by atoms with van der Waals surface area (Å²) >= 11 is 0. The Morgan fingerprint density at radius 1 is 1.14 bits per heavy atom. The van der Waals surface area contributed by atoms with Gasteiger partial charge in [-0.2, -0.15) is 0 Å².